The highest BCUT2D eigenvalue weighted by Gasteiger charge is 1.97. The fourth-order valence-corrected chi connectivity index (χ4v) is 1.23. The maximum absolute atomic E-state index is 5.81. The van der Waals surface area contributed by atoms with Gasteiger partial charge in [-0.2, -0.15) is 0 Å². The monoisotopic (exact) mass is 198 g/mol. The Kier molecular flexibility index (Phi) is 4.19. The fraction of sp³-hybridized carbons (Fsp3) is 0.500. The summed E-state index contributed by atoms with van der Waals surface area (Å²) in [6.07, 6.45) is 2.97. The van der Waals surface area contributed by atoms with Crippen molar-refractivity contribution in [2.24, 2.45) is 0 Å². The molecule has 0 fully saturated rings. The molecular weight excluding hydrogens is 184 g/mol. The van der Waals surface area contributed by atoms with E-state index in [0.29, 0.717) is 5.15 Å². The van der Waals surface area contributed by atoms with Crippen molar-refractivity contribution < 1.29 is 0 Å². The molecule has 0 amide bonds. The Morgan fingerprint density at radius 3 is 2.92 bits per heavy atom. The number of hydrogen-bond donors (Lipinski definition) is 1. The molecule has 3 heteroatoms. The molecule has 0 atom stereocenters. The lowest BCUT2D eigenvalue weighted by Crippen LogP contribution is -2.13. The van der Waals surface area contributed by atoms with E-state index in [1.54, 1.807) is 0 Å². The first kappa shape index (κ1) is 10.5. The predicted octanol–water partition coefficient (Wildman–Crippen LogP) is 2.54. The molecule has 1 rings (SSSR count). The molecule has 0 radical (unpaired) electrons. The van der Waals surface area contributed by atoms with Crippen molar-refractivity contribution >= 4 is 11.6 Å². The normalized spacial score (nSPS) is 10.4. The van der Waals surface area contributed by atoms with Gasteiger partial charge in [-0.1, -0.05) is 24.6 Å². The molecule has 0 aromatic carbocycles. The Labute approximate surface area is 84.3 Å². The number of aryl methyl sites for hydroxylation is 1. The molecule has 0 aliphatic carbocycles. The molecule has 0 spiro atoms. The zero-order chi connectivity index (χ0) is 9.68. The van der Waals surface area contributed by atoms with Crippen molar-refractivity contribution in [3.8, 4) is 0 Å². The molecule has 1 N–H and O–H groups in total. The summed E-state index contributed by atoms with van der Waals surface area (Å²) in [5, 5.41) is 3.91. The Morgan fingerprint density at radius 2 is 2.31 bits per heavy atom. The van der Waals surface area contributed by atoms with E-state index in [4.69, 9.17) is 11.6 Å². The van der Waals surface area contributed by atoms with E-state index in [-0.39, 0.29) is 0 Å². The van der Waals surface area contributed by atoms with Gasteiger partial charge in [0.2, 0.25) is 0 Å². The van der Waals surface area contributed by atoms with Crippen LogP contribution < -0.4 is 5.32 Å². The van der Waals surface area contributed by atoms with Gasteiger partial charge in [-0.05, 0) is 31.0 Å². The van der Waals surface area contributed by atoms with Gasteiger partial charge in [-0.3, -0.25) is 0 Å². The van der Waals surface area contributed by atoms with Gasteiger partial charge in [0.1, 0.15) is 5.15 Å². The molecule has 1 aromatic rings. The second kappa shape index (κ2) is 5.20. The minimum Gasteiger partial charge on any atom is -0.313 e. The Balaban J connectivity index is 2.53. The molecule has 0 saturated carbocycles. The summed E-state index contributed by atoms with van der Waals surface area (Å²) in [6, 6.07) is 2.07. The third-order valence-electron chi connectivity index (χ3n) is 1.83. The molecule has 0 aliphatic heterocycles. The van der Waals surface area contributed by atoms with Crippen LogP contribution in [0.15, 0.2) is 12.3 Å². The maximum atomic E-state index is 5.81. The topological polar surface area (TPSA) is 24.9 Å². The zero-order valence-electron chi connectivity index (χ0n) is 8.10. The SMILES string of the molecule is CCCNCc1cnc(Cl)c(C)c1. The van der Waals surface area contributed by atoms with Crippen LogP contribution in [-0.2, 0) is 6.54 Å². The minimum atomic E-state index is 0.597. The van der Waals surface area contributed by atoms with Crippen molar-refractivity contribution in [1.82, 2.24) is 10.3 Å². The number of hydrogen-bond acceptors (Lipinski definition) is 2. The second-order valence-electron chi connectivity index (χ2n) is 3.13. The van der Waals surface area contributed by atoms with Crippen molar-refractivity contribution in [2.45, 2.75) is 26.8 Å². The molecule has 2 nitrogen and oxygen atoms in total. The van der Waals surface area contributed by atoms with Gasteiger partial charge >= 0.3 is 0 Å². The van der Waals surface area contributed by atoms with Crippen molar-refractivity contribution in [3.05, 3.63) is 28.5 Å². The van der Waals surface area contributed by atoms with E-state index >= 15 is 0 Å². The molecule has 72 valence electrons. The molecule has 0 bridgehead atoms. The van der Waals surface area contributed by atoms with Gasteiger partial charge in [0.25, 0.3) is 0 Å². The van der Waals surface area contributed by atoms with Gasteiger partial charge in [0, 0.05) is 12.7 Å². The van der Waals surface area contributed by atoms with Crippen LogP contribution in [0, 0.1) is 6.92 Å². The van der Waals surface area contributed by atoms with Crippen LogP contribution in [0.2, 0.25) is 5.15 Å². The minimum absolute atomic E-state index is 0.597. The van der Waals surface area contributed by atoms with Crippen LogP contribution in [0.25, 0.3) is 0 Å². The number of aromatic nitrogens is 1. The smallest absolute Gasteiger partial charge is 0.131 e. The van der Waals surface area contributed by atoms with Gasteiger partial charge in [-0.15, -0.1) is 0 Å². The zero-order valence-corrected chi connectivity index (χ0v) is 8.86. The van der Waals surface area contributed by atoms with Gasteiger partial charge in [0.15, 0.2) is 0 Å². The predicted molar refractivity (Wildman–Crippen MR) is 56.0 cm³/mol. The Morgan fingerprint density at radius 1 is 1.54 bits per heavy atom. The molecule has 0 saturated heterocycles. The van der Waals surface area contributed by atoms with Crippen LogP contribution in [0.1, 0.15) is 24.5 Å². The summed E-state index contributed by atoms with van der Waals surface area (Å²) >= 11 is 5.81. The number of pyridine rings is 1. The molecular formula is C10H15ClN2. The summed E-state index contributed by atoms with van der Waals surface area (Å²) < 4.78 is 0. The van der Waals surface area contributed by atoms with Crippen LogP contribution >= 0.6 is 11.6 Å². The summed E-state index contributed by atoms with van der Waals surface area (Å²) in [6.45, 7) is 6.04. The number of halogens is 1. The summed E-state index contributed by atoms with van der Waals surface area (Å²) in [4.78, 5) is 4.08. The van der Waals surface area contributed by atoms with Gasteiger partial charge in [0.05, 0.1) is 0 Å². The summed E-state index contributed by atoms with van der Waals surface area (Å²) in [5.41, 5.74) is 2.23. The first-order valence-corrected chi connectivity index (χ1v) is 4.93. The van der Waals surface area contributed by atoms with E-state index < -0.39 is 0 Å². The first-order chi connectivity index (χ1) is 6.24. The van der Waals surface area contributed by atoms with Crippen LogP contribution in [0.5, 0.6) is 0 Å². The Hall–Kier alpha value is -0.600. The molecule has 0 unspecified atom stereocenters. The highest BCUT2D eigenvalue weighted by atomic mass is 35.5. The number of rotatable bonds is 4. The quantitative estimate of drug-likeness (QED) is 0.594. The molecule has 13 heavy (non-hydrogen) atoms. The van der Waals surface area contributed by atoms with Crippen molar-refractivity contribution in [1.29, 1.82) is 0 Å². The summed E-state index contributed by atoms with van der Waals surface area (Å²) in [5.74, 6) is 0. The van der Waals surface area contributed by atoms with Crippen molar-refractivity contribution in [2.75, 3.05) is 6.54 Å². The number of nitrogens with zero attached hydrogens (tertiary/aromatic N) is 1. The van der Waals surface area contributed by atoms with E-state index in [1.165, 1.54) is 5.56 Å². The van der Waals surface area contributed by atoms with Gasteiger partial charge in [-0.25, -0.2) is 4.98 Å². The van der Waals surface area contributed by atoms with Gasteiger partial charge < -0.3 is 5.32 Å². The molecule has 0 aliphatic rings. The van der Waals surface area contributed by atoms with E-state index in [9.17, 15) is 0 Å². The van der Waals surface area contributed by atoms with Crippen LogP contribution in [0.4, 0.5) is 0 Å². The van der Waals surface area contributed by atoms with Crippen molar-refractivity contribution in [3.63, 3.8) is 0 Å². The average molecular weight is 199 g/mol. The third kappa shape index (κ3) is 3.33. The fourth-order valence-electron chi connectivity index (χ4n) is 1.12. The maximum Gasteiger partial charge on any atom is 0.131 e. The van der Waals surface area contributed by atoms with E-state index in [2.05, 4.69) is 23.3 Å². The highest BCUT2D eigenvalue weighted by Crippen LogP contribution is 2.12. The lowest BCUT2D eigenvalue weighted by atomic mass is 10.2. The Bertz CT molecular complexity index is 274. The van der Waals surface area contributed by atoms with Crippen LogP contribution in [0.3, 0.4) is 0 Å². The first-order valence-electron chi connectivity index (χ1n) is 4.55. The highest BCUT2D eigenvalue weighted by molar-refractivity contribution is 6.30. The van der Waals surface area contributed by atoms with E-state index in [1.807, 2.05) is 13.1 Å². The van der Waals surface area contributed by atoms with Crippen LogP contribution in [-0.4, -0.2) is 11.5 Å². The largest absolute Gasteiger partial charge is 0.313 e. The number of nitrogens with one attached hydrogen (secondary N) is 1. The standard InChI is InChI=1S/C10H15ClN2/c1-3-4-12-6-9-5-8(2)10(11)13-7-9/h5,7,12H,3-4,6H2,1-2H3. The van der Waals surface area contributed by atoms with E-state index in [0.717, 1.165) is 25.1 Å². The lowest BCUT2D eigenvalue weighted by molar-refractivity contribution is 0.673. The molecule has 1 heterocycles. The lowest BCUT2D eigenvalue weighted by Gasteiger charge is -2.04. The molecule has 1 aromatic heterocycles. The summed E-state index contributed by atoms with van der Waals surface area (Å²) in [7, 11) is 0. The average Bonchev–Trinajstić information content (AvgIpc) is 2.12. The third-order valence-corrected chi connectivity index (χ3v) is 2.22. The second-order valence-corrected chi connectivity index (χ2v) is 3.49.